The number of β-amino-alcohol motifs (C(OH)–C–C–N with tert-alkyl or cyclic N) is 1. The molecule has 0 saturated carbocycles. The molecule has 0 aliphatic carbocycles. The maximum atomic E-state index is 14.3. The number of aliphatic hydroxyl groups is 1. The lowest BCUT2D eigenvalue weighted by atomic mass is 9.91. The summed E-state index contributed by atoms with van der Waals surface area (Å²) in [6.07, 6.45) is -3.51. The lowest BCUT2D eigenvalue weighted by Gasteiger charge is -2.39. The van der Waals surface area contributed by atoms with E-state index in [-0.39, 0.29) is 18.7 Å². The highest BCUT2D eigenvalue weighted by Gasteiger charge is 2.56. The van der Waals surface area contributed by atoms with E-state index in [1.54, 1.807) is 24.3 Å². The fourth-order valence-electron chi connectivity index (χ4n) is 4.09. The van der Waals surface area contributed by atoms with Gasteiger partial charge in [-0.3, -0.25) is 0 Å². The van der Waals surface area contributed by atoms with Gasteiger partial charge < -0.3 is 14.7 Å². The van der Waals surface area contributed by atoms with Crippen LogP contribution in [0.2, 0.25) is 0 Å². The Labute approximate surface area is 186 Å². The maximum Gasteiger partial charge on any atom is 0.423 e. The molecule has 4 aromatic rings. The Balaban J connectivity index is 1.54. The monoisotopic (exact) mass is 457 g/mol. The van der Waals surface area contributed by atoms with E-state index < -0.39 is 24.1 Å². The van der Waals surface area contributed by atoms with E-state index >= 15 is 0 Å². The van der Waals surface area contributed by atoms with Crippen LogP contribution in [0.5, 0.6) is 5.75 Å². The van der Waals surface area contributed by atoms with Crippen molar-refractivity contribution in [1.82, 2.24) is 9.78 Å². The number of hydrogen-bond donors (Lipinski definition) is 1. The van der Waals surface area contributed by atoms with Gasteiger partial charge in [0.15, 0.2) is 0 Å². The molecule has 1 aromatic heterocycles. The molecule has 1 aliphatic rings. The minimum absolute atomic E-state index is 0.208. The van der Waals surface area contributed by atoms with E-state index in [0.29, 0.717) is 28.0 Å². The number of alkyl halides is 3. The first-order valence-corrected chi connectivity index (χ1v) is 10.3. The second-order valence-corrected chi connectivity index (χ2v) is 7.90. The summed E-state index contributed by atoms with van der Waals surface area (Å²) in [5, 5.41) is 15.7. The van der Waals surface area contributed by atoms with E-state index in [4.69, 9.17) is 4.74 Å². The second-order valence-electron chi connectivity index (χ2n) is 7.90. The third kappa shape index (κ3) is 3.68. The van der Waals surface area contributed by atoms with E-state index in [0.717, 1.165) is 0 Å². The number of ether oxygens (including phenoxy) is 1. The summed E-state index contributed by atoms with van der Waals surface area (Å²) in [4.78, 5) is 1.48. The largest absolute Gasteiger partial charge is 0.490 e. The van der Waals surface area contributed by atoms with E-state index in [1.165, 1.54) is 58.2 Å². The highest BCUT2D eigenvalue weighted by Crippen LogP contribution is 2.43. The molecule has 5 nitrogen and oxygen atoms in total. The maximum absolute atomic E-state index is 14.3. The van der Waals surface area contributed by atoms with Crippen LogP contribution in [-0.4, -0.2) is 40.8 Å². The van der Waals surface area contributed by atoms with Crippen LogP contribution >= 0.6 is 0 Å². The van der Waals surface area contributed by atoms with Gasteiger partial charge in [0.2, 0.25) is 5.60 Å². The first-order chi connectivity index (χ1) is 15.8. The van der Waals surface area contributed by atoms with Gasteiger partial charge in [-0.25, -0.2) is 9.07 Å². The van der Waals surface area contributed by atoms with Crippen molar-refractivity contribution in [2.75, 3.05) is 24.6 Å². The Morgan fingerprint density at radius 3 is 2.52 bits per heavy atom. The summed E-state index contributed by atoms with van der Waals surface area (Å²) in [5.74, 6) is 0.0710. The van der Waals surface area contributed by atoms with Crippen LogP contribution in [0.25, 0.3) is 16.6 Å². The van der Waals surface area contributed by atoms with Gasteiger partial charge in [-0.15, -0.1) is 0 Å². The molecule has 0 fully saturated rings. The molecule has 0 spiro atoms. The van der Waals surface area contributed by atoms with Crippen LogP contribution in [0.4, 0.5) is 23.2 Å². The SMILES string of the molecule is OC(CN1CCOc2ccccc21)(c1ccc2c(cnn2-c2ccc(F)cc2)c1)C(F)(F)F. The Morgan fingerprint density at radius 2 is 1.76 bits per heavy atom. The van der Waals surface area contributed by atoms with E-state index in [9.17, 15) is 22.7 Å². The molecule has 1 atom stereocenters. The fourth-order valence-corrected chi connectivity index (χ4v) is 4.09. The summed E-state index contributed by atoms with van der Waals surface area (Å²) in [6, 6.07) is 16.4. The zero-order chi connectivity index (χ0) is 23.2. The zero-order valence-corrected chi connectivity index (χ0v) is 17.3. The van der Waals surface area contributed by atoms with Crippen LogP contribution in [0.1, 0.15) is 5.56 Å². The third-order valence-electron chi connectivity index (χ3n) is 5.83. The van der Waals surface area contributed by atoms with Gasteiger partial charge in [0, 0.05) is 5.39 Å². The Bertz CT molecular complexity index is 1300. The molecule has 9 heteroatoms. The molecule has 170 valence electrons. The van der Waals surface area contributed by atoms with Crippen molar-refractivity contribution < 1.29 is 27.4 Å². The number of nitrogens with zero attached hydrogens (tertiary/aromatic N) is 3. The van der Waals surface area contributed by atoms with Crippen LogP contribution in [-0.2, 0) is 5.60 Å². The quantitative estimate of drug-likeness (QED) is 0.447. The fraction of sp³-hybridized carbons (Fsp3) is 0.208. The molecule has 5 rings (SSSR count). The predicted molar refractivity (Wildman–Crippen MR) is 115 cm³/mol. The molecule has 1 unspecified atom stereocenters. The second kappa shape index (κ2) is 7.77. The molecular weight excluding hydrogens is 438 g/mol. The Morgan fingerprint density at radius 1 is 1.00 bits per heavy atom. The lowest BCUT2D eigenvalue weighted by molar-refractivity contribution is -0.262. The number of para-hydroxylation sites is 2. The molecule has 2 heterocycles. The van der Waals surface area contributed by atoms with Gasteiger partial charge >= 0.3 is 6.18 Å². The highest BCUT2D eigenvalue weighted by molar-refractivity contribution is 5.81. The summed E-state index contributed by atoms with van der Waals surface area (Å²) in [7, 11) is 0. The van der Waals surface area contributed by atoms with Crippen LogP contribution in [0.15, 0.2) is 72.9 Å². The standard InChI is InChI=1S/C24H19F4N3O2/c25-18-6-8-19(9-7-18)31-20-10-5-17(13-16(20)14-29-31)23(32,24(26,27)28)15-30-11-12-33-22-4-2-1-3-21(22)30/h1-10,13-14,32H,11-12,15H2. The summed E-state index contributed by atoms with van der Waals surface area (Å²) in [5.41, 5.74) is -1.81. The van der Waals surface area contributed by atoms with Gasteiger partial charge in [0.25, 0.3) is 0 Å². The van der Waals surface area contributed by atoms with Crippen molar-refractivity contribution in [1.29, 1.82) is 0 Å². The first-order valence-electron chi connectivity index (χ1n) is 10.3. The van der Waals surface area contributed by atoms with Crippen molar-refractivity contribution in [3.8, 4) is 11.4 Å². The van der Waals surface area contributed by atoms with Gasteiger partial charge in [-0.05, 0) is 54.1 Å². The first kappa shape index (κ1) is 21.3. The van der Waals surface area contributed by atoms with Gasteiger partial charge in [-0.2, -0.15) is 18.3 Å². The molecule has 1 N–H and O–H groups in total. The van der Waals surface area contributed by atoms with Crippen LogP contribution in [0.3, 0.4) is 0 Å². The summed E-state index contributed by atoms with van der Waals surface area (Å²) < 4.78 is 63.1. The van der Waals surface area contributed by atoms with Gasteiger partial charge in [0.1, 0.15) is 18.2 Å². The van der Waals surface area contributed by atoms with Crippen molar-refractivity contribution in [3.63, 3.8) is 0 Å². The molecule has 0 radical (unpaired) electrons. The summed E-state index contributed by atoms with van der Waals surface area (Å²) in [6.45, 7) is -0.261. The molecule has 0 amide bonds. The average molecular weight is 457 g/mol. The number of halogens is 4. The minimum atomic E-state index is -4.93. The van der Waals surface area contributed by atoms with Crippen molar-refractivity contribution in [3.05, 3.63) is 84.3 Å². The molecule has 3 aromatic carbocycles. The van der Waals surface area contributed by atoms with Crippen LogP contribution < -0.4 is 9.64 Å². The minimum Gasteiger partial charge on any atom is -0.490 e. The smallest absolute Gasteiger partial charge is 0.423 e. The van der Waals surface area contributed by atoms with E-state index in [1.807, 2.05) is 0 Å². The number of rotatable bonds is 4. The third-order valence-corrected chi connectivity index (χ3v) is 5.83. The normalized spacial score (nSPS) is 15.7. The molecule has 0 bridgehead atoms. The Hall–Kier alpha value is -3.59. The lowest BCUT2D eigenvalue weighted by Crippen LogP contribution is -2.52. The van der Waals surface area contributed by atoms with Gasteiger partial charge in [-0.1, -0.05) is 18.2 Å². The van der Waals surface area contributed by atoms with Crippen molar-refractivity contribution in [2.45, 2.75) is 11.8 Å². The number of aromatic nitrogens is 2. The molecule has 33 heavy (non-hydrogen) atoms. The predicted octanol–water partition coefficient (Wildman–Crippen LogP) is 4.81. The van der Waals surface area contributed by atoms with Crippen molar-refractivity contribution >= 4 is 16.6 Å². The molecule has 1 aliphatic heterocycles. The Kier molecular flexibility index (Phi) is 5.01. The van der Waals surface area contributed by atoms with E-state index in [2.05, 4.69) is 5.10 Å². The zero-order valence-electron chi connectivity index (χ0n) is 17.3. The van der Waals surface area contributed by atoms with Gasteiger partial charge in [0.05, 0.1) is 36.2 Å². The average Bonchev–Trinajstić information content (AvgIpc) is 3.22. The van der Waals surface area contributed by atoms with Crippen molar-refractivity contribution in [2.24, 2.45) is 0 Å². The number of hydrogen-bond acceptors (Lipinski definition) is 4. The highest BCUT2D eigenvalue weighted by atomic mass is 19.4. The number of anilines is 1. The summed E-state index contributed by atoms with van der Waals surface area (Å²) >= 11 is 0. The molecule has 0 saturated heterocycles. The number of fused-ring (bicyclic) bond motifs is 2. The topological polar surface area (TPSA) is 50.5 Å². The number of benzene rings is 3. The molecular formula is C24H19F4N3O2. The van der Waals surface area contributed by atoms with Crippen LogP contribution in [0, 0.1) is 5.82 Å².